The zero-order valence-electron chi connectivity index (χ0n) is 8.59. The van der Waals surface area contributed by atoms with Gasteiger partial charge in [0.1, 0.15) is 5.75 Å². The Morgan fingerprint density at radius 2 is 2.33 bits per heavy atom. The van der Waals surface area contributed by atoms with Gasteiger partial charge in [0, 0.05) is 4.47 Å². The Hall–Kier alpha value is -1.01. The zero-order chi connectivity index (χ0) is 10.8. The summed E-state index contributed by atoms with van der Waals surface area (Å²) in [6.45, 7) is 0. The molecular formula is C12H12BrNO. The largest absolute Gasteiger partial charge is 0.496 e. The Labute approximate surface area is 98.0 Å². The number of hydrogen-bond donors (Lipinski definition) is 0. The van der Waals surface area contributed by atoms with E-state index in [0.717, 1.165) is 35.0 Å². The number of halogens is 1. The van der Waals surface area contributed by atoms with E-state index in [2.05, 4.69) is 22.0 Å². The van der Waals surface area contributed by atoms with Crippen molar-refractivity contribution < 1.29 is 4.74 Å². The smallest absolute Gasteiger partial charge is 0.122 e. The van der Waals surface area contributed by atoms with Crippen LogP contribution in [0.15, 0.2) is 16.6 Å². The van der Waals surface area contributed by atoms with E-state index in [1.165, 1.54) is 5.56 Å². The quantitative estimate of drug-likeness (QED) is 0.780. The third kappa shape index (κ3) is 1.74. The molecular weight excluding hydrogens is 254 g/mol. The number of rotatable bonds is 1. The molecule has 1 unspecified atom stereocenters. The molecule has 1 aliphatic carbocycles. The van der Waals surface area contributed by atoms with Crippen LogP contribution in [0.3, 0.4) is 0 Å². The summed E-state index contributed by atoms with van der Waals surface area (Å²) in [4.78, 5) is 0. The van der Waals surface area contributed by atoms with Gasteiger partial charge in [0.15, 0.2) is 0 Å². The summed E-state index contributed by atoms with van der Waals surface area (Å²) in [6, 6.07) is 6.29. The molecule has 0 saturated heterocycles. The third-order valence-corrected chi connectivity index (χ3v) is 3.60. The number of ether oxygens (including phenoxy) is 1. The Kier molecular flexibility index (Phi) is 2.97. The maximum absolute atomic E-state index is 9.11. The highest BCUT2D eigenvalue weighted by atomic mass is 79.9. The summed E-state index contributed by atoms with van der Waals surface area (Å²) in [5, 5.41) is 9.11. The molecule has 2 nitrogen and oxygen atoms in total. The lowest BCUT2D eigenvalue weighted by Crippen LogP contribution is -2.10. The molecule has 0 bridgehead atoms. The SMILES string of the molecule is COc1ccc(Br)c2c1CCCC2C#N. The van der Waals surface area contributed by atoms with Crippen molar-refractivity contribution in [3.05, 3.63) is 27.7 Å². The van der Waals surface area contributed by atoms with E-state index >= 15 is 0 Å². The van der Waals surface area contributed by atoms with Crippen molar-refractivity contribution in [3.63, 3.8) is 0 Å². The fourth-order valence-corrected chi connectivity index (χ4v) is 2.85. The van der Waals surface area contributed by atoms with E-state index in [1.54, 1.807) is 7.11 Å². The molecule has 78 valence electrons. The first-order chi connectivity index (χ1) is 7.27. The van der Waals surface area contributed by atoms with Gasteiger partial charge >= 0.3 is 0 Å². The molecule has 0 saturated carbocycles. The number of methoxy groups -OCH3 is 1. The van der Waals surface area contributed by atoms with Crippen LogP contribution in [0.25, 0.3) is 0 Å². The normalized spacial score (nSPS) is 19.1. The Morgan fingerprint density at radius 3 is 3.00 bits per heavy atom. The van der Waals surface area contributed by atoms with Gasteiger partial charge in [0.05, 0.1) is 19.1 Å². The predicted molar refractivity (Wildman–Crippen MR) is 62.0 cm³/mol. The average molecular weight is 266 g/mol. The van der Waals surface area contributed by atoms with Gasteiger partial charge in [-0.05, 0) is 42.5 Å². The van der Waals surface area contributed by atoms with E-state index < -0.39 is 0 Å². The highest BCUT2D eigenvalue weighted by Crippen LogP contribution is 2.40. The van der Waals surface area contributed by atoms with Gasteiger partial charge in [-0.25, -0.2) is 0 Å². The summed E-state index contributed by atoms with van der Waals surface area (Å²) < 4.78 is 6.36. The van der Waals surface area contributed by atoms with Crippen molar-refractivity contribution in [2.45, 2.75) is 25.2 Å². The van der Waals surface area contributed by atoms with Gasteiger partial charge < -0.3 is 4.74 Å². The molecule has 0 aromatic heterocycles. The minimum absolute atomic E-state index is 0.0122. The van der Waals surface area contributed by atoms with Crippen LogP contribution in [0.1, 0.15) is 29.9 Å². The second-order valence-electron chi connectivity index (χ2n) is 3.72. The van der Waals surface area contributed by atoms with Gasteiger partial charge in [-0.3, -0.25) is 0 Å². The molecule has 0 radical (unpaired) electrons. The number of benzene rings is 1. The molecule has 1 aromatic carbocycles. The van der Waals surface area contributed by atoms with Gasteiger partial charge in [-0.15, -0.1) is 0 Å². The Morgan fingerprint density at radius 1 is 1.53 bits per heavy atom. The van der Waals surface area contributed by atoms with Crippen molar-refractivity contribution in [3.8, 4) is 11.8 Å². The number of nitrogens with zero attached hydrogens (tertiary/aromatic N) is 1. The minimum Gasteiger partial charge on any atom is -0.496 e. The second-order valence-corrected chi connectivity index (χ2v) is 4.57. The molecule has 1 aromatic rings. The summed E-state index contributed by atoms with van der Waals surface area (Å²) in [5.74, 6) is 0.923. The second kappa shape index (κ2) is 4.24. The fraction of sp³-hybridized carbons (Fsp3) is 0.417. The summed E-state index contributed by atoms with van der Waals surface area (Å²) in [6.07, 6.45) is 3.03. The van der Waals surface area contributed by atoms with Gasteiger partial charge in [-0.2, -0.15) is 5.26 Å². The lowest BCUT2D eigenvalue weighted by molar-refractivity contribution is 0.405. The molecule has 1 atom stereocenters. The molecule has 1 aliphatic rings. The maximum atomic E-state index is 9.11. The van der Waals surface area contributed by atoms with E-state index in [0.29, 0.717) is 0 Å². The molecule has 0 heterocycles. The highest BCUT2D eigenvalue weighted by Gasteiger charge is 2.24. The Bertz CT molecular complexity index is 422. The summed E-state index contributed by atoms with van der Waals surface area (Å²) >= 11 is 3.52. The van der Waals surface area contributed by atoms with Crippen LogP contribution in [-0.2, 0) is 6.42 Å². The minimum atomic E-state index is 0.0122. The zero-order valence-corrected chi connectivity index (χ0v) is 10.2. The van der Waals surface area contributed by atoms with Crippen molar-refractivity contribution in [1.29, 1.82) is 5.26 Å². The van der Waals surface area contributed by atoms with Crippen molar-refractivity contribution in [2.24, 2.45) is 0 Å². The first-order valence-electron chi connectivity index (χ1n) is 5.02. The molecule has 0 amide bonds. The molecule has 3 heteroatoms. The van der Waals surface area contributed by atoms with Crippen LogP contribution >= 0.6 is 15.9 Å². The van der Waals surface area contributed by atoms with Crippen LogP contribution in [0.2, 0.25) is 0 Å². The van der Waals surface area contributed by atoms with E-state index in [9.17, 15) is 0 Å². The maximum Gasteiger partial charge on any atom is 0.122 e. The third-order valence-electron chi connectivity index (χ3n) is 2.90. The van der Waals surface area contributed by atoms with Crippen LogP contribution in [0.4, 0.5) is 0 Å². The van der Waals surface area contributed by atoms with Crippen molar-refractivity contribution >= 4 is 15.9 Å². The van der Waals surface area contributed by atoms with Crippen molar-refractivity contribution in [2.75, 3.05) is 7.11 Å². The van der Waals surface area contributed by atoms with Gasteiger partial charge in [-0.1, -0.05) is 15.9 Å². The highest BCUT2D eigenvalue weighted by molar-refractivity contribution is 9.10. The standard InChI is InChI=1S/C12H12BrNO/c1-15-11-6-5-10(13)12-8(7-14)3-2-4-9(11)12/h5-6,8H,2-4H2,1H3. The molecule has 15 heavy (non-hydrogen) atoms. The van der Waals surface area contributed by atoms with Crippen LogP contribution < -0.4 is 4.74 Å². The summed E-state index contributed by atoms with van der Waals surface area (Å²) in [5.41, 5.74) is 2.33. The van der Waals surface area contributed by atoms with E-state index in [4.69, 9.17) is 10.00 Å². The fourth-order valence-electron chi connectivity index (χ4n) is 2.20. The summed E-state index contributed by atoms with van der Waals surface area (Å²) in [7, 11) is 1.68. The van der Waals surface area contributed by atoms with Gasteiger partial charge in [0.25, 0.3) is 0 Å². The molecule has 0 aliphatic heterocycles. The van der Waals surface area contributed by atoms with Crippen LogP contribution in [-0.4, -0.2) is 7.11 Å². The Balaban J connectivity index is 2.60. The molecule has 0 N–H and O–H groups in total. The first kappa shape index (κ1) is 10.5. The first-order valence-corrected chi connectivity index (χ1v) is 5.82. The lowest BCUT2D eigenvalue weighted by Gasteiger charge is -2.23. The number of hydrogen-bond acceptors (Lipinski definition) is 2. The number of nitriles is 1. The molecule has 2 rings (SSSR count). The number of fused-ring (bicyclic) bond motifs is 1. The lowest BCUT2D eigenvalue weighted by atomic mass is 9.83. The monoisotopic (exact) mass is 265 g/mol. The van der Waals surface area contributed by atoms with Crippen LogP contribution in [0.5, 0.6) is 5.75 Å². The van der Waals surface area contributed by atoms with Crippen molar-refractivity contribution in [1.82, 2.24) is 0 Å². The van der Waals surface area contributed by atoms with Crippen LogP contribution in [0, 0.1) is 11.3 Å². The predicted octanol–water partition coefficient (Wildman–Crippen LogP) is 3.40. The van der Waals surface area contributed by atoms with E-state index in [1.807, 2.05) is 12.1 Å². The molecule has 0 spiro atoms. The molecule has 0 fully saturated rings. The topological polar surface area (TPSA) is 33.0 Å². The average Bonchev–Trinajstić information content (AvgIpc) is 2.29. The van der Waals surface area contributed by atoms with Gasteiger partial charge in [0.2, 0.25) is 0 Å². The van der Waals surface area contributed by atoms with E-state index in [-0.39, 0.29) is 5.92 Å².